The molecule has 1 aromatic rings. The molecule has 5 heteroatoms. The zero-order valence-electron chi connectivity index (χ0n) is 14.6. The zero-order valence-corrected chi connectivity index (χ0v) is 14.6. The average Bonchev–Trinajstić information content (AvgIpc) is 2.65. The van der Waals surface area contributed by atoms with Gasteiger partial charge in [0.1, 0.15) is 0 Å². The maximum atomic E-state index is 12.7. The van der Waals surface area contributed by atoms with Crippen LogP contribution in [-0.2, 0) is 16.0 Å². The average molecular weight is 333 g/mol. The molecule has 5 nitrogen and oxygen atoms in total. The summed E-state index contributed by atoms with van der Waals surface area (Å²) in [5.41, 5.74) is 1.09. The van der Waals surface area contributed by atoms with E-state index in [1.54, 1.807) is 14.2 Å². The number of hydrogen-bond acceptors (Lipinski definition) is 4. The number of ether oxygens (including phenoxy) is 3. The summed E-state index contributed by atoms with van der Waals surface area (Å²) >= 11 is 0. The van der Waals surface area contributed by atoms with Gasteiger partial charge in [-0.1, -0.05) is 18.9 Å². The molecule has 0 radical (unpaired) electrons. The molecule has 0 bridgehead atoms. The minimum atomic E-state index is 0.241. The van der Waals surface area contributed by atoms with Crippen LogP contribution < -0.4 is 9.47 Å². The van der Waals surface area contributed by atoms with E-state index in [0.29, 0.717) is 30.9 Å². The standard InChI is InChI=1S/C19H27NO4/c1-22-17-9-7-14(13-18(17)23-2)8-10-19(21)20-11-12-24-16-6-4-3-5-15(16)20/h7,9,13,15-16H,3-6,8,10-12H2,1-2H3/t15-,16+/m0/s1. The second-order valence-electron chi connectivity index (χ2n) is 6.54. The number of rotatable bonds is 5. The van der Waals surface area contributed by atoms with Crippen LogP contribution in [0.3, 0.4) is 0 Å². The number of aryl methyl sites for hydroxylation is 1. The third-order valence-corrected chi connectivity index (χ3v) is 5.13. The third kappa shape index (κ3) is 3.66. The molecule has 3 rings (SSSR count). The first-order valence-corrected chi connectivity index (χ1v) is 8.85. The lowest BCUT2D eigenvalue weighted by Gasteiger charge is -2.43. The lowest BCUT2D eigenvalue weighted by Crippen LogP contribution is -2.54. The number of carbonyl (C=O) groups is 1. The first-order chi connectivity index (χ1) is 11.7. The van der Waals surface area contributed by atoms with Gasteiger partial charge < -0.3 is 19.1 Å². The normalized spacial score (nSPS) is 23.5. The van der Waals surface area contributed by atoms with Crippen LogP contribution in [0.15, 0.2) is 18.2 Å². The first-order valence-electron chi connectivity index (χ1n) is 8.85. The number of methoxy groups -OCH3 is 2. The summed E-state index contributed by atoms with van der Waals surface area (Å²) in [5.74, 6) is 1.66. The molecule has 1 heterocycles. The maximum Gasteiger partial charge on any atom is 0.223 e. The summed E-state index contributed by atoms with van der Waals surface area (Å²) in [4.78, 5) is 14.8. The van der Waals surface area contributed by atoms with E-state index in [1.165, 1.54) is 12.8 Å². The monoisotopic (exact) mass is 333 g/mol. The van der Waals surface area contributed by atoms with Crippen molar-refractivity contribution in [2.75, 3.05) is 27.4 Å². The largest absolute Gasteiger partial charge is 0.493 e. The molecule has 132 valence electrons. The van der Waals surface area contributed by atoms with Crippen LogP contribution in [0.1, 0.15) is 37.7 Å². The maximum absolute atomic E-state index is 12.7. The van der Waals surface area contributed by atoms with Gasteiger partial charge in [-0.25, -0.2) is 0 Å². The van der Waals surface area contributed by atoms with E-state index >= 15 is 0 Å². The second kappa shape index (κ2) is 7.88. The van der Waals surface area contributed by atoms with Gasteiger partial charge in [0, 0.05) is 13.0 Å². The fourth-order valence-electron chi connectivity index (χ4n) is 3.84. The molecule has 0 spiro atoms. The molecule has 1 amide bonds. The highest BCUT2D eigenvalue weighted by molar-refractivity contribution is 5.77. The summed E-state index contributed by atoms with van der Waals surface area (Å²) in [7, 11) is 3.25. The molecule has 0 N–H and O–H groups in total. The lowest BCUT2D eigenvalue weighted by atomic mass is 9.90. The van der Waals surface area contributed by atoms with E-state index in [1.807, 2.05) is 18.2 Å². The molecule has 1 aliphatic carbocycles. The van der Waals surface area contributed by atoms with Crippen molar-refractivity contribution in [2.24, 2.45) is 0 Å². The first kappa shape index (κ1) is 17.1. The van der Waals surface area contributed by atoms with Crippen molar-refractivity contribution in [3.8, 4) is 11.5 Å². The summed E-state index contributed by atoms with van der Waals surface area (Å²) in [5, 5.41) is 0. The Bertz CT molecular complexity index is 572. The highest BCUT2D eigenvalue weighted by Crippen LogP contribution is 2.30. The number of hydrogen-bond donors (Lipinski definition) is 0. The van der Waals surface area contributed by atoms with E-state index in [4.69, 9.17) is 14.2 Å². The van der Waals surface area contributed by atoms with Gasteiger partial charge in [-0.05, 0) is 37.0 Å². The van der Waals surface area contributed by atoms with Crippen LogP contribution in [0, 0.1) is 0 Å². The Labute approximate surface area is 143 Å². The van der Waals surface area contributed by atoms with E-state index in [0.717, 1.165) is 24.9 Å². The van der Waals surface area contributed by atoms with Crippen molar-refractivity contribution in [3.05, 3.63) is 23.8 Å². The highest BCUT2D eigenvalue weighted by Gasteiger charge is 2.36. The Morgan fingerprint density at radius 2 is 2.00 bits per heavy atom. The molecule has 2 fully saturated rings. The van der Waals surface area contributed by atoms with Crippen LogP contribution in [0.2, 0.25) is 0 Å². The summed E-state index contributed by atoms with van der Waals surface area (Å²) < 4.78 is 16.4. The van der Waals surface area contributed by atoms with Crippen LogP contribution in [-0.4, -0.2) is 50.3 Å². The second-order valence-corrected chi connectivity index (χ2v) is 6.54. The van der Waals surface area contributed by atoms with Crippen molar-refractivity contribution < 1.29 is 19.0 Å². The minimum absolute atomic E-state index is 0.241. The van der Waals surface area contributed by atoms with Gasteiger partial charge in [0.25, 0.3) is 0 Å². The fraction of sp³-hybridized carbons (Fsp3) is 0.632. The van der Waals surface area contributed by atoms with Crippen molar-refractivity contribution in [1.82, 2.24) is 4.90 Å². The van der Waals surface area contributed by atoms with Gasteiger partial charge in [0.2, 0.25) is 5.91 Å². The number of carbonyl (C=O) groups excluding carboxylic acids is 1. The molecule has 1 aliphatic heterocycles. The molecule has 1 saturated heterocycles. The Kier molecular flexibility index (Phi) is 5.61. The van der Waals surface area contributed by atoms with Gasteiger partial charge in [-0.15, -0.1) is 0 Å². The fourth-order valence-corrected chi connectivity index (χ4v) is 3.84. The van der Waals surface area contributed by atoms with Crippen LogP contribution >= 0.6 is 0 Å². The molecule has 1 aromatic carbocycles. The summed E-state index contributed by atoms with van der Waals surface area (Å²) in [6, 6.07) is 6.13. The van der Waals surface area contributed by atoms with Crippen molar-refractivity contribution in [3.63, 3.8) is 0 Å². The lowest BCUT2D eigenvalue weighted by molar-refractivity contribution is -0.149. The molecule has 0 aromatic heterocycles. The molecule has 1 saturated carbocycles. The minimum Gasteiger partial charge on any atom is -0.493 e. The van der Waals surface area contributed by atoms with Gasteiger partial charge in [0.15, 0.2) is 11.5 Å². The van der Waals surface area contributed by atoms with Crippen molar-refractivity contribution in [1.29, 1.82) is 0 Å². The Balaban J connectivity index is 1.60. The van der Waals surface area contributed by atoms with Crippen LogP contribution in [0.25, 0.3) is 0 Å². The third-order valence-electron chi connectivity index (χ3n) is 5.13. The smallest absolute Gasteiger partial charge is 0.223 e. The van der Waals surface area contributed by atoms with Crippen molar-refractivity contribution in [2.45, 2.75) is 50.7 Å². The summed E-state index contributed by atoms with van der Waals surface area (Å²) in [6.45, 7) is 1.40. The van der Waals surface area contributed by atoms with Gasteiger partial charge in [0.05, 0.1) is 33.0 Å². The topological polar surface area (TPSA) is 48.0 Å². The molecule has 0 unspecified atom stereocenters. The number of morpholine rings is 1. The Morgan fingerprint density at radius 3 is 2.79 bits per heavy atom. The number of nitrogens with zero attached hydrogens (tertiary/aromatic N) is 1. The van der Waals surface area contributed by atoms with E-state index < -0.39 is 0 Å². The van der Waals surface area contributed by atoms with E-state index in [2.05, 4.69) is 4.90 Å². The number of fused-ring (bicyclic) bond motifs is 1. The van der Waals surface area contributed by atoms with Crippen molar-refractivity contribution >= 4 is 5.91 Å². The van der Waals surface area contributed by atoms with E-state index in [-0.39, 0.29) is 18.1 Å². The van der Waals surface area contributed by atoms with Crippen LogP contribution in [0.5, 0.6) is 11.5 Å². The predicted octanol–water partition coefficient (Wildman–Crippen LogP) is 2.81. The SMILES string of the molecule is COc1ccc(CCC(=O)N2CCO[C@@H]3CCCC[C@@H]32)cc1OC. The quantitative estimate of drug-likeness (QED) is 0.831. The molecular weight excluding hydrogens is 306 g/mol. The Hall–Kier alpha value is -1.75. The predicted molar refractivity (Wildman–Crippen MR) is 91.6 cm³/mol. The van der Waals surface area contributed by atoms with E-state index in [9.17, 15) is 4.79 Å². The van der Waals surface area contributed by atoms with Crippen LogP contribution in [0.4, 0.5) is 0 Å². The number of benzene rings is 1. The molecule has 2 atom stereocenters. The Morgan fingerprint density at radius 1 is 1.21 bits per heavy atom. The molecular formula is C19H27NO4. The zero-order chi connectivity index (χ0) is 16.9. The van der Waals surface area contributed by atoms with Gasteiger partial charge >= 0.3 is 0 Å². The molecule has 2 aliphatic rings. The highest BCUT2D eigenvalue weighted by atomic mass is 16.5. The van der Waals surface area contributed by atoms with Gasteiger partial charge in [-0.3, -0.25) is 4.79 Å². The number of amides is 1. The van der Waals surface area contributed by atoms with Gasteiger partial charge in [-0.2, -0.15) is 0 Å². The molecule has 24 heavy (non-hydrogen) atoms. The summed E-state index contributed by atoms with van der Waals surface area (Å²) in [6.07, 6.45) is 6.07.